The maximum Gasteiger partial charge on any atom is 0.349 e. The molecule has 5 nitrogen and oxygen atoms in total. The third-order valence-corrected chi connectivity index (χ3v) is 1.78. The number of hydrogen-bond donors (Lipinski definition) is 2. The Bertz CT molecular complexity index is 290. The van der Waals surface area contributed by atoms with E-state index >= 15 is 0 Å². The lowest BCUT2D eigenvalue weighted by Crippen LogP contribution is -2.09. The van der Waals surface area contributed by atoms with Gasteiger partial charge < -0.3 is 5.11 Å². The number of carboxylic acids is 1. The zero-order chi connectivity index (χ0) is 9.14. The second-order valence-corrected chi connectivity index (χ2v) is 2.99. The van der Waals surface area contributed by atoms with E-state index in [2.05, 4.69) is 15.2 Å². The molecule has 0 aliphatic carbocycles. The number of rotatable bonds is 3. The molecule has 0 bridgehead atoms. The van der Waals surface area contributed by atoms with Gasteiger partial charge in [0.05, 0.1) is 0 Å². The molecule has 0 radical (unpaired) electrons. The monoisotopic (exact) mass is 191 g/mol. The molecule has 1 rings (SSSR count). The standard InChI is InChI=1S/C5H6FN3O2S/c1-2-7-5(9-8-2)12-3(6)4(10)11/h3H,1H3,(H,10,11)(H,7,8,9). The van der Waals surface area contributed by atoms with Crippen LogP contribution in [0.1, 0.15) is 5.82 Å². The molecule has 0 aromatic carbocycles. The molecule has 0 saturated carbocycles. The maximum atomic E-state index is 12.5. The summed E-state index contributed by atoms with van der Waals surface area (Å²) in [7, 11) is 0. The van der Waals surface area contributed by atoms with Gasteiger partial charge in [0.15, 0.2) is 0 Å². The van der Waals surface area contributed by atoms with Crippen LogP contribution >= 0.6 is 11.8 Å². The predicted molar refractivity (Wildman–Crippen MR) is 39.5 cm³/mol. The molecule has 1 aromatic rings. The summed E-state index contributed by atoms with van der Waals surface area (Å²) in [4.78, 5) is 13.8. The second-order valence-electron chi connectivity index (χ2n) is 1.98. The van der Waals surface area contributed by atoms with Crippen molar-refractivity contribution in [3.05, 3.63) is 5.82 Å². The summed E-state index contributed by atoms with van der Waals surface area (Å²) < 4.78 is 12.5. The van der Waals surface area contributed by atoms with Gasteiger partial charge in [-0.05, 0) is 18.7 Å². The molecule has 66 valence electrons. The fourth-order valence-corrected chi connectivity index (χ4v) is 1.09. The van der Waals surface area contributed by atoms with Gasteiger partial charge in [0.2, 0.25) is 10.7 Å². The van der Waals surface area contributed by atoms with E-state index < -0.39 is 11.5 Å². The average molecular weight is 191 g/mol. The van der Waals surface area contributed by atoms with Crippen molar-refractivity contribution < 1.29 is 14.3 Å². The number of aromatic nitrogens is 3. The fourth-order valence-electron chi connectivity index (χ4n) is 0.518. The van der Waals surface area contributed by atoms with E-state index in [9.17, 15) is 9.18 Å². The van der Waals surface area contributed by atoms with Crippen LogP contribution in [0, 0.1) is 6.92 Å². The van der Waals surface area contributed by atoms with Crippen LogP contribution in [0.15, 0.2) is 5.16 Å². The van der Waals surface area contributed by atoms with Crippen LogP contribution in [0.4, 0.5) is 4.39 Å². The first-order valence-electron chi connectivity index (χ1n) is 3.02. The quantitative estimate of drug-likeness (QED) is 0.683. The molecule has 12 heavy (non-hydrogen) atoms. The molecule has 1 aromatic heterocycles. The summed E-state index contributed by atoms with van der Waals surface area (Å²) in [5, 5.41) is 14.3. The largest absolute Gasteiger partial charge is 0.478 e. The Morgan fingerprint density at radius 1 is 1.83 bits per heavy atom. The zero-order valence-corrected chi connectivity index (χ0v) is 6.93. The Hall–Kier alpha value is -1.11. The Morgan fingerprint density at radius 2 is 2.50 bits per heavy atom. The molecular weight excluding hydrogens is 185 g/mol. The Kier molecular flexibility index (Phi) is 2.64. The Balaban J connectivity index is 2.58. The minimum Gasteiger partial charge on any atom is -0.478 e. The van der Waals surface area contributed by atoms with Crippen molar-refractivity contribution in [2.75, 3.05) is 0 Å². The van der Waals surface area contributed by atoms with E-state index in [1.54, 1.807) is 6.92 Å². The van der Waals surface area contributed by atoms with Crippen molar-refractivity contribution in [2.45, 2.75) is 17.6 Å². The number of thioether (sulfide) groups is 1. The van der Waals surface area contributed by atoms with E-state index in [0.29, 0.717) is 17.6 Å². The van der Waals surface area contributed by atoms with E-state index in [4.69, 9.17) is 5.11 Å². The SMILES string of the molecule is Cc1nc(SC(F)C(=O)O)n[nH]1. The maximum absolute atomic E-state index is 12.5. The Labute approximate surface area is 71.4 Å². The smallest absolute Gasteiger partial charge is 0.349 e. The minimum absolute atomic E-state index is 0.0994. The number of aryl methyl sites for hydroxylation is 1. The van der Waals surface area contributed by atoms with Crippen LogP contribution in [0.25, 0.3) is 0 Å². The van der Waals surface area contributed by atoms with Gasteiger partial charge in [-0.3, -0.25) is 5.10 Å². The summed E-state index contributed by atoms with van der Waals surface area (Å²) in [6, 6.07) is 0. The average Bonchev–Trinajstić information content (AvgIpc) is 2.35. The second kappa shape index (κ2) is 3.53. The van der Waals surface area contributed by atoms with Crippen molar-refractivity contribution >= 4 is 17.7 Å². The number of carbonyl (C=O) groups is 1. The number of carboxylic acid groups (broad SMARTS) is 1. The van der Waals surface area contributed by atoms with Crippen molar-refractivity contribution in [3.8, 4) is 0 Å². The number of nitrogens with one attached hydrogen (secondary N) is 1. The van der Waals surface area contributed by atoms with Crippen molar-refractivity contribution in [2.24, 2.45) is 0 Å². The van der Waals surface area contributed by atoms with Crippen LogP contribution in [0.2, 0.25) is 0 Å². The lowest BCUT2D eigenvalue weighted by Gasteiger charge is -1.95. The number of aromatic amines is 1. The highest BCUT2D eigenvalue weighted by atomic mass is 32.2. The van der Waals surface area contributed by atoms with Gasteiger partial charge >= 0.3 is 5.97 Å². The minimum atomic E-state index is -2.01. The van der Waals surface area contributed by atoms with Gasteiger partial charge in [-0.15, -0.1) is 5.10 Å². The number of aliphatic carboxylic acids is 1. The van der Waals surface area contributed by atoms with Crippen molar-refractivity contribution in [3.63, 3.8) is 0 Å². The van der Waals surface area contributed by atoms with Gasteiger partial charge in [-0.1, -0.05) is 0 Å². The highest BCUT2D eigenvalue weighted by Crippen LogP contribution is 2.19. The molecule has 0 fully saturated rings. The first-order chi connectivity index (χ1) is 5.59. The summed E-state index contributed by atoms with van der Waals surface area (Å²) >= 11 is 0.453. The third-order valence-electron chi connectivity index (χ3n) is 0.980. The lowest BCUT2D eigenvalue weighted by molar-refractivity contribution is -0.139. The van der Waals surface area contributed by atoms with Crippen LogP contribution < -0.4 is 0 Å². The predicted octanol–water partition coefficient (Wildman–Crippen LogP) is 0.585. The zero-order valence-electron chi connectivity index (χ0n) is 6.11. The van der Waals surface area contributed by atoms with E-state index in [1.807, 2.05) is 0 Å². The number of alkyl halides is 1. The molecular formula is C5H6FN3O2S. The first kappa shape index (κ1) is 8.98. The van der Waals surface area contributed by atoms with Crippen LogP contribution in [0.5, 0.6) is 0 Å². The van der Waals surface area contributed by atoms with Gasteiger partial charge in [-0.25, -0.2) is 14.2 Å². The van der Waals surface area contributed by atoms with Gasteiger partial charge in [-0.2, -0.15) is 0 Å². The summed E-state index contributed by atoms with van der Waals surface area (Å²) in [6.45, 7) is 1.64. The van der Waals surface area contributed by atoms with Crippen LogP contribution in [-0.4, -0.2) is 31.8 Å². The van der Waals surface area contributed by atoms with E-state index in [-0.39, 0.29) is 5.16 Å². The molecule has 0 amide bonds. The molecule has 7 heteroatoms. The fraction of sp³-hybridized carbons (Fsp3) is 0.400. The number of nitrogens with zero attached hydrogens (tertiary/aromatic N) is 2. The first-order valence-corrected chi connectivity index (χ1v) is 3.90. The number of H-pyrrole nitrogens is 1. The van der Waals surface area contributed by atoms with Crippen LogP contribution in [-0.2, 0) is 4.79 Å². The molecule has 0 spiro atoms. The molecule has 1 atom stereocenters. The Morgan fingerprint density at radius 3 is 2.92 bits per heavy atom. The highest BCUT2D eigenvalue weighted by Gasteiger charge is 2.19. The molecule has 1 heterocycles. The van der Waals surface area contributed by atoms with E-state index in [0.717, 1.165) is 0 Å². The van der Waals surface area contributed by atoms with E-state index in [1.165, 1.54) is 0 Å². The molecule has 0 aliphatic heterocycles. The lowest BCUT2D eigenvalue weighted by atomic mass is 10.8. The molecule has 1 unspecified atom stereocenters. The van der Waals surface area contributed by atoms with Gasteiger partial charge in [0.25, 0.3) is 0 Å². The van der Waals surface area contributed by atoms with Crippen molar-refractivity contribution in [1.29, 1.82) is 0 Å². The van der Waals surface area contributed by atoms with Crippen molar-refractivity contribution in [1.82, 2.24) is 15.2 Å². The molecule has 0 aliphatic rings. The highest BCUT2D eigenvalue weighted by molar-refractivity contribution is 8.00. The molecule has 0 saturated heterocycles. The third kappa shape index (κ3) is 2.19. The van der Waals surface area contributed by atoms with Gasteiger partial charge in [0, 0.05) is 0 Å². The van der Waals surface area contributed by atoms with Crippen LogP contribution in [0.3, 0.4) is 0 Å². The normalized spacial score (nSPS) is 12.8. The summed E-state index contributed by atoms with van der Waals surface area (Å²) in [5.41, 5.74) is -2.01. The number of hydrogen-bond acceptors (Lipinski definition) is 4. The summed E-state index contributed by atoms with van der Waals surface area (Å²) in [6.07, 6.45) is 0. The van der Waals surface area contributed by atoms with Gasteiger partial charge in [0.1, 0.15) is 5.82 Å². The molecule has 2 N–H and O–H groups in total. The summed E-state index contributed by atoms with van der Waals surface area (Å²) in [5.74, 6) is -1.00. The topological polar surface area (TPSA) is 78.9 Å². The number of halogens is 1.